The van der Waals surface area contributed by atoms with E-state index in [0.29, 0.717) is 13.0 Å². The summed E-state index contributed by atoms with van der Waals surface area (Å²) in [7, 11) is 1.77. The summed E-state index contributed by atoms with van der Waals surface area (Å²) in [6.07, 6.45) is -5.43. The smallest absolute Gasteiger partial charge is 0.383 e. The fourth-order valence-corrected chi connectivity index (χ4v) is 1.73. The van der Waals surface area contributed by atoms with Gasteiger partial charge in [0, 0.05) is 12.5 Å². The Kier molecular flexibility index (Phi) is 3.18. The zero-order valence-corrected chi connectivity index (χ0v) is 7.51. The van der Waals surface area contributed by atoms with Crippen molar-refractivity contribution in [1.82, 2.24) is 4.90 Å². The van der Waals surface area contributed by atoms with Crippen LogP contribution >= 0.6 is 0 Å². The van der Waals surface area contributed by atoms with Crippen molar-refractivity contribution in [2.75, 3.05) is 20.1 Å². The van der Waals surface area contributed by atoms with Gasteiger partial charge in [-0.1, -0.05) is 0 Å². The van der Waals surface area contributed by atoms with Crippen molar-refractivity contribution in [2.24, 2.45) is 5.92 Å². The molecule has 1 N–H and O–H groups in total. The van der Waals surface area contributed by atoms with Crippen LogP contribution in [0.25, 0.3) is 0 Å². The van der Waals surface area contributed by atoms with E-state index in [1.807, 2.05) is 4.90 Å². The van der Waals surface area contributed by atoms with Gasteiger partial charge in [-0.05, 0) is 26.4 Å². The molecule has 78 valence electrons. The van der Waals surface area contributed by atoms with E-state index in [1.165, 1.54) is 0 Å². The van der Waals surface area contributed by atoms with Crippen molar-refractivity contribution < 1.29 is 18.3 Å². The standard InChI is InChI=1S/C8H14F3NO/c1-12-4-2-3-6(5-12)7(13)8(9,10)11/h6-7,13H,2-5H2,1H3. The number of hydrogen-bond donors (Lipinski definition) is 1. The maximum atomic E-state index is 12.1. The molecule has 0 bridgehead atoms. The molecule has 0 radical (unpaired) electrons. The highest BCUT2D eigenvalue weighted by Crippen LogP contribution is 2.30. The first-order chi connectivity index (χ1) is 5.91. The zero-order chi connectivity index (χ0) is 10.1. The van der Waals surface area contributed by atoms with E-state index >= 15 is 0 Å². The van der Waals surface area contributed by atoms with Gasteiger partial charge < -0.3 is 10.0 Å². The van der Waals surface area contributed by atoms with Crippen molar-refractivity contribution in [3.8, 4) is 0 Å². The molecule has 0 aromatic rings. The second-order valence-corrected chi connectivity index (χ2v) is 3.65. The van der Waals surface area contributed by atoms with Crippen molar-refractivity contribution in [3.63, 3.8) is 0 Å². The largest absolute Gasteiger partial charge is 0.414 e. The van der Waals surface area contributed by atoms with Crippen molar-refractivity contribution in [2.45, 2.75) is 25.1 Å². The molecule has 5 heteroatoms. The van der Waals surface area contributed by atoms with Gasteiger partial charge in [-0.2, -0.15) is 13.2 Å². The number of likely N-dealkylation sites (tertiary alicyclic amines) is 1. The Balaban J connectivity index is 2.51. The van der Waals surface area contributed by atoms with E-state index in [0.717, 1.165) is 13.0 Å². The minimum absolute atomic E-state index is 0.334. The van der Waals surface area contributed by atoms with Crippen molar-refractivity contribution in [3.05, 3.63) is 0 Å². The van der Waals surface area contributed by atoms with Crippen LogP contribution in [0.2, 0.25) is 0 Å². The quantitative estimate of drug-likeness (QED) is 0.684. The molecule has 0 saturated carbocycles. The molecule has 0 aromatic heterocycles. The molecule has 1 heterocycles. The highest BCUT2D eigenvalue weighted by Gasteiger charge is 2.44. The SMILES string of the molecule is CN1CCCC(C(O)C(F)(F)F)C1. The van der Waals surface area contributed by atoms with Crippen LogP contribution in [0.5, 0.6) is 0 Å². The van der Waals surface area contributed by atoms with Crippen molar-refractivity contribution >= 4 is 0 Å². The van der Waals surface area contributed by atoms with Crippen LogP contribution in [0.4, 0.5) is 13.2 Å². The van der Waals surface area contributed by atoms with Crippen LogP contribution in [-0.2, 0) is 0 Å². The number of hydrogen-bond acceptors (Lipinski definition) is 2. The van der Waals surface area contributed by atoms with Crippen LogP contribution in [0.3, 0.4) is 0 Å². The number of aliphatic hydroxyl groups is 1. The van der Waals surface area contributed by atoms with Gasteiger partial charge in [0.15, 0.2) is 6.10 Å². The highest BCUT2D eigenvalue weighted by molar-refractivity contribution is 4.80. The van der Waals surface area contributed by atoms with Gasteiger partial charge in [0.1, 0.15) is 0 Å². The van der Waals surface area contributed by atoms with Crippen LogP contribution < -0.4 is 0 Å². The molecule has 0 aromatic carbocycles. The number of aliphatic hydroxyl groups excluding tert-OH is 1. The predicted molar refractivity (Wildman–Crippen MR) is 42.3 cm³/mol. The first-order valence-corrected chi connectivity index (χ1v) is 4.34. The maximum absolute atomic E-state index is 12.1. The number of halogens is 3. The third kappa shape index (κ3) is 2.84. The Hall–Kier alpha value is -0.290. The van der Waals surface area contributed by atoms with Crippen LogP contribution in [0.15, 0.2) is 0 Å². The minimum Gasteiger partial charge on any atom is -0.383 e. The molecule has 0 spiro atoms. The lowest BCUT2D eigenvalue weighted by Gasteiger charge is -2.33. The third-order valence-electron chi connectivity index (χ3n) is 2.44. The summed E-state index contributed by atoms with van der Waals surface area (Å²) in [6, 6.07) is 0. The maximum Gasteiger partial charge on any atom is 0.414 e. The lowest BCUT2D eigenvalue weighted by Crippen LogP contribution is -2.44. The summed E-state index contributed by atoms with van der Waals surface area (Å²) in [5, 5.41) is 8.98. The second-order valence-electron chi connectivity index (χ2n) is 3.65. The molecule has 2 atom stereocenters. The van der Waals surface area contributed by atoms with E-state index < -0.39 is 18.2 Å². The summed E-state index contributed by atoms with van der Waals surface area (Å²) >= 11 is 0. The Morgan fingerprint density at radius 3 is 2.54 bits per heavy atom. The van der Waals surface area contributed by atoms with Gasteiger partial charge in [-0.3, -0.25) is 0 Å². The van der Waals surface area contributed by atoms with Crippen LogP contribution in [0, 0.1) is 5.92 Å². The molecule has 0 amide bonds. The van der Waals surface area contributed by atoms with Gasteiger partial charge in [0.25, 0.3) is 0 Å². The molecule has 1 aliphatic rings. The molecule has 1 aliphatic heterocycles. The molecule has 1 rings (SSSR count). The zero-order valence-electron chi connectivity index (χ0n) is 7.51. The van der Waals surface area contributed by atoms with Gasteiger partial charge in [-0.15, -0.1) is 0 Å². The Morgan fingerprint density at radius 1 is 1.46 bits per heavy atom. The van der Waals surface area contributed by atoms with Crippen LogP contribution in [0.1, 0.15) is 12.8 Å². The summed E-state index contributed by atoms with van der Waals surface area (Å²) in [6.45, 7) is 1.15. The van der Waals surface area contributed by atoms with E-state index in [1.54, 1.807) is 7.05 Å². The summed E-state index contributed by atoms with van der Waals surface area (Å²) in [4.78, 5) is 1.82. The first kappa shape index (κ1) is 10.8. The predicted octanol–water partition coefficient (Wildman–Crippen LogP) is 1.25. The molecule has 1 fully saturated rings. The van der Waals surface area contributed by atoms with Gasteiger partial charge >= 0.3 is 6.18 Å². The number of nitrogens with zero attached hydrogens (tertiary/aromatic N) is 1. The molecular formula is C8H14F3NO. The third-order valence-corrected chi connectivity index (χ3v) is 2.44. The highest BCUT2D eigenvalue weighted by atomic mass is 19.4. The topological polar surface area (TPSA) is 23.5 Å². The molecule has 2 nitrogen and oxygen atoms in total. The Labute approximate surface area is 75.3 Å². The Bertz CT molecular complexity index is 171. The van der Waals surface area contributed by atoms with E-state index in [9.17, 15) is 13.2 Å². The van der Waals surface area contributed by atoms with Crippen LogP contribution in [-0.4, -0.2) is 42.4 Å². The van der Waals surface area contributed by atoms with Gasteiger partial charge in [0.05, 0.1) is 0 Å². The molecule has 13 heavy (non-hydrogen) atoms. The lowest BCUT2D eigenvalue weighted by molar-refractivity contribution is -0.223. The number of rotatable bonds is 1. The minimum atomic E-state index is -4.47. The van der Waals surface area contributed by atoms with Crippen molar-refractivity contribution in [1.29, 1.82) is 0 Å². The number of alkyl halides is 3. The first-order valence-electron chi connectivity index (χ1n) is 4.34. The number of piperidine rings is 1. The molecular weight excluding hydrogens is 183 g/mol. The molecule has 1 saturated heterocycles. The van der Waals surface area contributed by atoms with Gasteiger partial charge in [0.2, 0.25) is 0 Å². The summed E-state index contributed by atoms with van der Waals surface area (Å²) in [5.74, 6) is -0.654. The fraction of sp³-hybridized carbons (Fsp3) is 1.00. The van der Waals surface area contributed by atoms with E-state index in [2.05, 4.69) is 0 Å². The Morgan fingerprint density at radius 2 is 2.08 bits per heavy atom. The molecule has 2 unspecified atom stereocenters. The monoisotopic (exact) mass is 197 g/mol. The lowest BCUT2D eigenvalue weighted by atomic mass is 9.92. The van der Waals surface area contributed by atoms with E-state index in [4.69, 9.17) is 5.11 Å². The average Bonchev–Trinajstić information content (AvgIpc) is 2.01. The fourth-order valence-electron chi connectivity index (χ4n) is 1.73. The normalized spacial score (nSPS) is 28.8. The average molecular weight is 197 g/mol. The summed E-state index contributed by atoms with van der Waals surface area (Å²) in [5.41, 5.74) is 0. The van der Waals surface area contributed by atoms with E-state index in [-0.39, 0.29) is 0 Å². The second kappa shape index (κ2) is 3.84. The van der Waals surface area contributed by atoms with Gasteiger partial charge in [-0.25, -0.2) is 0 Å². The molecule has 0 aliphatic carbocycles. The summed E-state index contributed by atoms with van der Waals surface area (Å²) < 4.78 is 36.3.